The predicted molar refractivity (Wildman–Crippen MR) is 60.7 cm³/mol. The van der Waals surface area contributed by atoms with Crippen LogP contribution in [0.5, 0.6) is 5.75 Å². The van der Waals surface area contributed by atoms with Gasteiger partial charge in [-0.2, -0.15) is 4.39 Å². The topological polar surface area (TPSA) is 18.5 Å². The minimum absolute atomic E-state index is 0.0802. The number of ether oxygens (including phenoxy) is 2. The fourth-order valence-electron chi connectivity index (χ4n) is 1.12. The fourth-order valence-corrected chi connectivity index (χ4v) is 1.53. The van der Waals surface area contributed by atoms with Gasteiger partial charge >= 0.3 is 0 Å². The van der Waals surface area contributed by atoms with Gasteiger partial charge in [0.15, 0.2) is 11.6 Å². The molecule has 0 aliphatic carbocycles. The van der Waals surface area contributed by atoms with Crippen LogP contribution in [0, 0.1) is 11.6 Å². The Morgan fingerprint density at radius 3 is 2.69 bits per heavy atom. The lowest BCUT2D eigenvalue weighted by atomic mass is 10.3. The molecule has 90 valence electrons. The molecule has 0 heterocycles. The van der Waals surface area contributed by atoms with Gasteiger partial charge in [-0.3, -0.25) is 0 Å². The number of rotatable bonds is 6. The molecule has 0 aliphatic rings. The summed E-state index contributed by atoms with van der Waals surface area (Å²) in [5, 5.41) is 0. The Bertz CT molecular complexity index is 345. The molecule has 2 nitrogen and oxygen atoms in total. The van der Waals surface area contributed by atoms with Crippen LogP contribution in [0.25, 0.3) is 0 Å². The molecule has 0 N–H and O–H groups in total. The van der Waals surface area contributed by atoms with Crippen LogP contribution in [-0.2, 0) is 4.74 Å². The van der Waals surface area contributed by atoms with Crippen LogP contribution in [-0.4, -0.2) is 19.8 Å². The zero-order valence-electron chi connectivity index (χ0n) is 8.93. The molecule has 0 bridgehead atoms. The molecular weight excluding hydrogens is 282 g/mol. The van der Waals surface area contributed by atoms with Crippen molar-refractivity contribution in [3.63, 3.8) is 0 Å². The van der Waals surface area contributed by atoms with Gasteiger partial charge in [-0.1, -0.05) is 15.9 Å². The third-order valence-corrected chi connectivity index (χ3v) is 2.31. The lowest BCUT2D eigenvalue weighted by Crippen LogP contribution is -2.04. The second-order valence-electron chi connectivity index (χ2n) is 3.10. The molecular formula is C11H13BrF2O2. The molecule has 0 radical (unpaired) electrons. The second-order valence-corrected chi connectivity index (χ2v) is 4.01. The Labute approximate surface area is 102 Å². The van der Waals surface area contributed by atoms with Crippen molar-refractivity contribution in [3.8, 4) is 5.75 Å². The molecule has 0 saturated carbocycles. The predicted octanol–water partition coefficient (Wildman–Crippen LogP) is 3.53. The van der Waals surface area contributed by atoms with E-state index in [9.17, 15) is 8.78 Å². The summed E-state index contributed by atoms with van der Waals surface area (Å²) in [6, 6.07) is 2.46. The van der Waals surface area contributed by atoms with Crippen LogP contribution in [0.3, 0.4) is 0 Å². The average molecular weight is 295 g/mol. The molecule has 0 saturated heterocycles. The van der Waals surface area contributed by atoms with Crippen LogP contribution < -0.4 is 4.74 Å². The summed E-state index contributed by atoms with van der Waals surface area (Å²) in [7, 11) is 0. The van der Waals surface area contributed by atoms with Gasteiger partial charge in [-0.05, 0) is 19.1 Å². The van der Waals surface area contributed by atoms with Crippen molar-refractivity contribution in [1.29, 1.82) is 0 Å². The standard InChI is InChI=1S/C11H13BrF2O2/c1-2-15-4-3-5-16-10-7-8(12)6-9(13)11(10)14/h6-7H,2-5H2,1H3. The second kappa shape index (κ2) is 6.81. The molecule has 0 aromatic heterocycles. The number of hydrogen-bond acceptors (Lipinski definition) is 2. The Balaban J connectivity index is 2.47. The summed E-state index contributed by atoms with van der Waals surface area (Å²) in [6.45, 7) is 3.38. The maximum Gasteiger partial charge on any atom is 0.200 e. The molecule has 1 rings (SSSR count). The smallest absolute Gasteiger partial charge is 0.200 e. The Morgan fingerprint density at radius 1 is 1.25 bits per heavy atom. The Hall–Kier alpha value is -0.680. The lowest BCUT2D eigenvalue weighted by Gasteiger charge is -2.08. The van der Waals surface area contributed by atoms with E-state index in [1.54, 1.807) is 0 Å². The third-order valence-electron chi connectivity index (χ3n) is 1.85. The number of halogens is 3. The Kier molecular flexibility index (Phi) is 5.69. The minimum atomic E-state index is -0.959. The van der Waals surface area contributed by atoms with Crippen LogP contribution in [0.4, 0.5) is 8.78 Å². The van der Waals surface area contributed by atoms with Gasteiger partial charge in [0.2, 0.25) is 5.82 Å². The average Bonchev–Trinajstić information content (AvgIpc) is 2.24. The highest BCUT2D eigenvalue weighted by atomic mass is 79.9. The van der Waals surface area contributed by atoms with E-state index >= 15 is 0 Å². The molecule has 0 fully saturated rings. The Morgan fingerprint density at radius 2 is 2.00 bits per heavy atom. The molecule has 0 spiro atoms. The highest BCUT2D eigenvalue weighted by molar-refractivity contribution is 9.10. The number of benzene rings is 1. The first kappa shape index (κ1) is 13.4. The molecule has 0 unspecified atom stereocenters. The van der Waals surface area contributed by atoms with Gasteiger partial charge in [0.1, 0.15) is 0 Å². The van der Waals surface area contributed by atoms with Gasteiger partial charge in [-0.25, -0.2) is 4.39 Å². The van der Waals surface area contributed by atoms with Crippen LogP contribution in [0.1, 0.15) is 13.3 Å². The largest absolute Gasteiger partial charge is 0.490 e. The summed E-state index contributed by atoms with van der Waals surface area (Å²) in [6.07, 6.45) is 0.640. The van der Waals surface area contributed by atoms with E-state index < -0.39 is 11.6 Å². The maximum atomic E-state index is 13.2. The van der Waals surface area contributed by atoms with Crippen molar-refractivity contribution >= 4 is 15.9 Å². The molecule has 5 heteroatoms. The number of hydrogen-bond donors (Lipinski definition) is 0. The first-order chi connectivity index (χ1) is 7.65. The zero-order chi connectivity index (χ0) is 12.0. The first-order valence-electron chi connectivity index (χ1n) is 5.00. The summed E-state index contributed by atoms with van der Waals surface area (Å²) in [5.41, 5.74) is 0. The lowest BCUT2D eigenvalue weighted by molar-refractivity contribution is 0.130. The van der Waals surface area contributed by atoms with E-state index in [1.807, 2.05) is 6.92 Å². The molecule has 0 amide bonds. The van der Waals surface area contributed by atoms with Crippen molar-refractivity contribution in [2.24, 2.45) is 0 Å². The van der Waals surface area contributed by atoms with Crippen molar-refractivity contribution in [1.82, 2.24) is 0 Å². The molecule has 0 aliphatic heterocycles. The summed E-state index contributed by atoms with van der Waals surface area (Å²) in [4.78, 5) is 0. The van der Waals surface area contributed by atoms with Gasteiger partial charge in [0.25, 0.3) is 0 Å². The van der Waals surface area contributed by atoms with Crippen molar-refractivity contribution in [2.75, 3.05) is 19.8 Å². The van der Waals surface area contributed by atoms with Gasteiger partial charge < -0.3 is 9.47 Å². The van der Waals surface area contributed by atoms with Crippen LogP contribution in [0.2, 0.25) is 0 Å². The van der Waals surface area contributed by atoms with E-state index in [4.69, 9.17) is 9.47 Å². The van der Waals surface area contributed by atoms with E-state index in [0.29, 0.717) is 30.7 Å². The molecule has 16 heavy (non-hydrogen) atoms. The third kappa shape index (κ3) is 4.06. The van der Waals surface area contributed by atoms with Crippen LogP contribution >= 0.6 is 15.9 Å². The van der Waals surface area contributed by atoms with Gasteiger partial charge in [0, 0.05) is 24.1 Å². The SMILES string of the molecule is CCOCCCOc1cc(Br)cc(F)c1F. The monoisotopic (exact) mass is 294 g/mol. The van der Waals surface area contributed by atoms with E-state index in [0.717, 1.165) is 6.07 Å². The molecule has 0 atom stereocenters. The highest BCUT2D eigenvalue weighted by Gasteiger charge is 2.10. The normalized spacial score (nSPS) is 10.5. The van der Waals surface area contributed by atoms with E-state index in [-0.39, 0.29) is 5.75 Å². The van der Waals surface area contributed by atoms with E-state index in [1.165, 1.54) is 6.07 Å². The van der Waals surface area contributed by atoms with Crippen molar-refractivity contribution < 1.29 is 18.3 Å². The molecule has 1 aromatic carbocycles. The van der Waals surface area contributed by atoms with E-state index in [2.05, 4.69) is 15.9 Å². The summed E-state index contributed by atoms with van der Waals surface area (Å²) < 4.78 is 36.8. The quantitative estimate of drug-likeness (QED) is 0.590. The highest BCUT2D eigenvalue weighted by Crippen LogP contribution is 2.25. The summed E-state index contributed by atoms with van der Waals surface area (Å²) in [5.74, 6) is -1.96. The van der Waals surface area contributed by atoms with Crippen molar-refractivity contribution in [2.45, 2.75) is 13.3 Å². The zero-order valence-corrected chi connectivity index (χ0v) is 10.5. The first-order valence-corrected chi connectivity index (χ1v) is 5.79. The van der Waals surface area contributed by atoms with Crippen LogP contribution in [0.15, 0.2) is 16.6 Å². The maximum absolute atomic E-state index is 13.2. The van der Waals surface area contributed by atoms with Gasteiger partial charge in [0.05, 0.1) is 6.61 Å². The summed E-state index contributed by atoms with van der Waals surface area (Å²) >= 11 is 3.07. The van der Waals surface area contributed by atoms with Crippen molar-refractivity contribution in [3.05, 3.63) is 28.2 Å². The minimum Gasteiger partial charge on any atom is -0.490 e. The van der Waals surface area contributed by atoms with Gasteiger partial charge in [-0.15, -0.1) is 0 Å². The fraction of sp³-hybridized carbons (Fsp3) is 0.455. The molecule has 1 aromatic rings.